The number of methoxy groups -OCH3 is 1. The van der Waals surface area contributed by atoms with Crippen LogP contribution >= 0.6 is 0 Å². The Morgan fingerprint density at radius 2 is 1.89 bits per heavy atom. The van der Waals surface area contributed by atoms with Crippen molar-refractivity contribution >= 4 is 29.6 Å². The molecule has 0 radical (unpaired) electrons. The predicted octanol–water partition coefficient (Wildman–Crippen LogP) is -3.47. The van der Waals surface area contributed by atoms with Crippen molar-refractivity contribution in [3.8, 4) is 0 Å². The van der Waals surface area contributed by atoms with Crippen molar-refractivity contribution in [3.63, 3.8) is 0 Å². The van der Waals surface area contributed by atoms with E-state index in [9.17, 15) is 34.2 Å². The fraction of sp³-hybridized carbons (Fsp3) is 0.690. The number of rotatable bonds is 11. The molecular weight excluding hydrogens is 624 g/mol. The number of ether oxygens (including phenoxy) is 5. The molecule has 0 bridgehead atoms. The minimum atomic E-state index is -1.83. The molecule has 0 saturated carbocycles. The zero-order valence-electron chi connectivity index (χ0n) is 26.6. The normalized spacial score (nSPS) is 33.9. The van der Waals surface area contributed by atoms with Gasteiger partial charge in [-0.2, -0.15) is 0 Å². The SMILES string of the molecule is CO[C@H]1[C@@H](OC(=O)[C@@H](N)C(C)C)[C@H](N2C=CC(=O)NC2)O[C@@H]1[C@@H](OC1OC(C(=O)N[C@H]2CCC[C@@H](C)NC2=O)=C[C@H](O)[C@@H]1O)C(N)=O. The van der Waals surface area contributed by atoms with Gasteiger partial charge in [-0.15, -0.1) is 0 Å². The lowest BCUT2D eigenvalue weighted by Gasteiger charge is -2.35. The molecule has 4 amide bonds. The number of aliphatic hydroxyl groups excluding tert-OH is 2. The van der Waals surface area contributed by atoms with Crippen molar-refractivity contribution in [1.29, 1.82) is 0 Å². The predicted molar refractivity (Wildman–Crippen MR) is 159 cm³/mol. The van der Waals surface area contributed by atoms with Crippen LogP contribution in [0.4, 0.5) is 0 Å². The van der Waals surface area contributed by atoms with E-state index in [-0.39, 0.29) is 30.4 Å². The number of primary amides is 1. The summed E-state index contributed by atoms with van der Waals surface area (Å²) < 4.78 is 28.9. The first-order valence-electron chi connectivity index (χ1n) is 15.4. The summed E-state index contributed by atoms with van der Waals surface area (Å²) >= 11 is 0. The van der Waals surface area contributed by atoms with Crippen LogP contribution in [-0.4, -0.2) is 126 Å². The van der Waals surface area contributed by atoms with Crippen LogP contribution in [0.3, 0.4) is 0 Å². The van der Waals surface area contributed by atoms with Gasteiger partial charge >= 0.3 is 5.97 Å². The summed E-state index contributed by atoms with van der Waals surface area (Å²) in [6.07, 6.45) is -6.76. The number of hydrogen-bond donors (Lipinski definition) is 7. The fourth-order valence-electron chi connectivity index (χ4n) is 5.55. The van der Waals surface area contributed by atoms with Crippen LogP contribution in [0.5, 0.6) is 0 Å². The second-order valence-corrected chi connectivity index (χ2v) is 12.2. The average molecular weight is 669 g/mol. The highest BCUT2D eigenvalue weighted by Gasteiger charge is 2.55. The third kappa shape index (κ3) is 8.38. The van der Waals surface area contributed by atoms with Crippen molar-refractivity contribution in [2.24, 2.45) is 17.4 Å². The first-order valence-corrected chi connectivity index (χ1v) is 15.4. The van der Waals surface area contributed by atoms with Crippen molar-refractivity contribution in [1.82, 2.24) is 20.9 Å². The first kappa shape index (κ1) is 36.0. The Balaban J connectivity index is 1.55. The minimum Gasteiger partial charge on any atom is -0.456 e. The molecule has 18 heteroatoms. The van der Waals surface area contributed by atoms with Crippen LogP contribution < -0.4 is 27.4 Å². The van der Waals surface area contributed by atoms with E-state index in [0.717, 1.165) is 12.5 Å². The van der Waals surface area contributed by atoms with Crippen LogP contribution in [0, 0.1) is 5.92 Å². The fourth-order valence-corrected chi connectivity index (χ4v) is 5.55. The van der Waals surface area contributed by atoms with E-state index in [4.69, 9.17) is 35.2 Å². The molecular formula is C29H44N6O12. The van der Waals surface area contributed by atoms with E-state index >= 15 is 0 Å². The van der Waals surface area contributed by atoms with Gasteiger partial charge in [0, 0.05) is 25.4 Å². The van der Waals surface area contributed by atoms with Gasteiger partial charge in [0.05, 0.1) is 6.67 Å². The van der Waals surface area contributed by atoms with Crippen LogP contribution in [0.25, 0.3) is 0 Å². The molecule has 2 fully saturated rings. The maximum absolute atomic E-state index is 13.1. The van der Waals surface area contributed by atoms with E-state index < -0.39 is 84.8 Å². The molecule has 0 aromatic rings. The van der Waals surface area contributed by atoms with Gasteiger partial charge in [0.25, 0.3) is 5.91 Å². The number of carbonyl (C=O) groups excluding carboxylic acids is 5. The Morgan fingerprint density at radius 3 is 2.51 bits per heavy atom. The Hall–Kier alpha value is -3.81. The van der Waals surface area contributed by atoms with E-state index in [0.29, 0.717) is 12.8 Å². The standard InChI is InChI=1S/C29H44N6O12/c1-12(2)18(30)28(42)46-23-20(43-4)21(45-27(23)35-9-8-17(37)32-11-35)22(24(31)39)47-29-19(38)15(36)10-16(44-29)26(41)34-14-7-5-6-13(3)33-25(14)40/h8-10,12-15,18-23,27,29,36,38H,5-7,11,30H2,1-4H3,(H2,31,39)(H,32,37)(H,33,40)(H,34,41)/t13-,14+,15+,18+,19+,20-,21+,22-,23-,27-,29?/m1/s1. The highest BCUT2D eigenvalue weighted by atomic mass is 16.7. The molecule has 4 rings (SSSR count). The second kappa shape index (κ2) is 15.4. The molecule has 1 unspecified atom stereocenters. The summed E-state index contributed by atoms with van der Waals surface area (Å²) in [5, 5.41) is 29.2. The van der Waals surface area contributed by atoms with Crippen molar-refractivity contribution in [3.05, 3.63) is 24.1 Å². The van der Waals surface area contributed by atoms with Gasteiger partial charge in [-0.3, -0.25) is 24.0 Å². The van der Waals surface area contributed by atoms with Crippen molar-refractivity contribution in [2.75, 3.05) is 13.8 Å². The van der Waals surface area contributed by atoms with Crippen LogP contribution in [0.2, 0.25) is 0 Å². The van der Waals surface area contributed by atoms with Gasteiger partial charge in [-0.05, 0) is 38.2 Å². The Morgan fingerprint density at radius 1 is 1.17 bits per heavy atom. The number of aliphatic hydroxyl groups is 2. The van der Waals surface area contributed by atoms with Gasteiger partial charge in [-0.25, -0.2) is 0 Å². The number of nitrogens with two attached hydrogens (primary N) is 2. The minimum absolute atomic E-state index is 0.0621. The summed E-state index contributed by atoms with van der Waals surface area (Å²) in [6, 6.07) is -1.95. The molecule has 47 heavy (non-hydrogen) atoms. The third-order valence-corrected chi connectivity index (χ3v) is 8.34. The van der Waals surface area contributed by atoms with Crippen LogP contribution in [0.15, 0.2) is 24.1 Å². The number of nitrogens with one attached hydrogen (secondary N) is 3. The molecule has 262 valence electrons. The summed E-state index contributed by atoms with van der Waals surface area (Å²) in [5.74, 6) is -4.28. The van der Waals surface area contributed by atoms with Gasteiger partial charge in [0.2, 0.25) is 24.0 Å². The molecule has 0 aromatic heterocycles. The molecule has 4 heterocycles. The molecule has 11 atom stereocenters. The molecule has 0 aliphatic carbocycles. The Bertz CT molecular complexity index is 1260. The summed E-state index contributed by atoms with van der Waals surface area (Å²) in [5.41, 5.74) is 11.7. The third-order valence-electron chi connectivity index (χ3n) is 8.34. The molecule has 18 nitrogen and oxygen atoms in total. The number of nitrogens with zero attached hydrogens (tertiary/aromatic N) is 1. The molecule has 0 aromatic carbocycles. The first-order chi connectivity index (χ1) is 22.2. The number of amides is 4. The van der Waals surface area contributed by atoms with E-state index in [1.165, 1.54) is 24.3 Å². The van der Waals surface area contributed by atoms with Crippen LogP contribution in [-0.2, 0) is 47.7 Å². The number of carbonyl (C=O) groups is 5. The van der Waals surface area contributed by atoms with E-state index in [2.05, 4.69) is 16.0 Å². The largest absolute Gasteiger partial charge is 0.456 e. The maximum Gasteiger partial charge on any atom is 0.323 e. The Labute approximate surface area is 271 Å². The summed E-state index contributed by atoms with van der Waals surface area (Å²) in [7, 11) is 1.27. The van der Waals surface area contributed by atoms with E-state index in [1.807, 2.05) is 6.92 Å². The molecule has 0 spiro atoms. The number of esters is 1. The highest BCUT2D eigenvalue weighted by Crippen LogP contribution is 2.34. The van der Waals surface area contributed by atoms with Crippen molar-refractivity contribution in [2.45, 2.75) is 107 Å². The average Bonchev–Trinajstić information content (AvgIpc) is 3.28. The van der Waals surface area contributed by atoms with Gasteiger partial charge in [0.15, 0.2) is 24.2 Å². The highest BCUT2D eigenvalue weighted by molar-refractivity contribution is 5.95. The molecule has 4 aliphatic heterocycles. The number of hydrogen-bond acceptors (Lipinski definition) is 14. The Kier molecular flexibility index (Phi) is 11.8. The topological polar surface area (TPSA) is 263 Å². The zero-order chi connectivity index (χ0) is 34.6. The van der Waals surface area contributed by atoms with E-state index in [1.54, 1.807) is 13.8 Å². The molecule has 2 saturated heterocycles. The zero-order valence-corrected chi connectivity index (χ0v) is 26.6. The molecule has 9 N–H and O–H groups in total. The maximum atomic E-state index is 13.1. The lowest BCUT2D eigenvalue weighted by Crippen LogP contribution is -2.55. The lowest BCUT2D eigenvalue weighted by atomic mass is 10.0. The quantitative estimate of drug-likeness (QED) is 0.106. The monoisotopic (exact) mass is 668 g/mol. The smallest absolute Gasteiger partial charge is 0.323 e. The van der Waals surface area contributed by atoms with Crippen molar-refractivity contribution < 1.29 is 57.9 Å². The van der Waals surface area contributed by atoms with Gasteiger partial charge in [0.1, 0.15) is 36.5 Å². The summed E-state index contributed by atoms with van der Waals surface area (Å²) in [4.78, 5) is 64.7. The van der Waals surface area contributed by atoms with Crippen LogP contribution in [0.1, 0.15) is 40.0 Å². The molecule has 4 aliphatic rings. The van der Waals surface area contributed by atoms with Gasteiger partial charge in [-0.1, -0.05) is 13.8 Å². The van der Waals surface area contributed by atoms with Gasteiger partial charge < -0.3 is 66.2 Å². The summed E-state index contributed by atoms with van der Waals surface area (Å²) in [6.45, 7) is 5.24. The lowest BCUT2D eigenvalue weighted by molar-refractivity contribution is -0.241. The second-order valence-electron chi connectivity index (χ2n) is 12.2.